The van der Waals surface area contributed by atoms with Crippen LogP contribution >= 0.6 is 0 Å². The van der Waals surface area contributed by atoms with Crippen molar-refractivity contribution in [2.45, 2.75) is 68.8 Å². The fourth-order valence-corrected chi connectivity index (χ4v) is 4.81. The van der Waals surface area contributed by atoms with Crippen LogP contribution in [0.2, 0.25) is 0 Å². The molecule has 2 N–H and O–H groups in total. The minimum absolute atomic E-state index is 0.0218. The van der Waals surface area contributed by atoms with Crippen LogP contribution in [0, 0.1) is 5.92 Å². The van der Waals surface area contributed by atoms with Gasteiger partial charge in [-0.25, -0.2) is 13.1 Å². The highest BCUT2D eigenvalue weighted by Crippen LogP contribution is 2.34. The Morgan fingerprint density at radius 1 is 1.19 bits per heavy atom. The summed E-state index contributed by atoms with van der Waals surface area (Å²) in [4.78, 5) is 13.4. The van der Waals surface area contributed by atoms with Crippen LogP contribution in [-0.4, -0.2) is 49.6 Å². The first-order chi connectivity index (χ1) is 12.5. The predicted molar refractivity (Wildman–Crippen MR) is 104 cm³/mol. The highest BCUT2D eigenvalue weighted by atomic mass is 32.2. The highest BCUT2D eigenvalue weighted by Gasteiger charge is 2.38. The first-order valence-electron chi connectivity index (χ1n) is 9.63. The molecule has 0 aromatic heterocycles. The molecular formula is C20H30N2O4S. The van der Waals surface area contributed by atoms with Gasteiger partial charge in [0.25, 0.3) is 0 Å². The van der Waals surface area contributed by atoms with E-state index < -0.39 is 16.0 Å². The first-order valence-corrected chi connectivity index (χ1v) is 11.1. The van der Waals surface area contributed by atoms with Crippen molar-refractivity contribution >= 4 is 16.0 Å². The van der Waals surface area contributed by atoms with Gasteiger partial charge in [0.1, 0.15) is 0 Å². The van der Waals surface area contributed by atoms with Crippen LogP contribution in [0.3, 0.4) is 0 Å². The summed E-state index contributed by atoms with van der Waals surface area (Å²) in [6, 6.07) is 7.06. The van der Waals surface area contributed by atoms with E-state index in [0.29, 0.717) is 18.8 Å². The molecule has 0 aliphatic heterocycles. The summed E-state index contributed by atoms with van der Waals surface area (Å²) in [6.07, 6.45) is 3.67. The number of nitrogens with one attached hydrogen (secondary N) is 1. The molecule has 1 aromatic carbocycles. The van der Waals surface area contributed by atoms with E-state index in [9.17, 15) is 13.2 Å². The van der Waals surface area contributed by atoms with Crippen LogP contribution in [0.25, 0.3) is 0 Å². The van der Waals surface area contributed by atoms with Crippen molar-refractivity contribution in [2.24, 2.45) is 5.92 Å². The van der Waals surface area contributed by atoms with Gasteiger partial charge in [-0.3, -0.25) is 9.69 Å². The maximum absolute atomic E-state index is 12.6. The van der Waals surface area contributed by atoms with Gasteiger partial charge < -0.3 is 5.11 Å². The number of hydrogen-bond donors (Lipinski definition) is 2. The Bertz CT molecular complexity index is 773. The average molecular weight is 395 g/mol. The van der Waals surface area contributed by atoms with E-state index in [-0.39, 0.29) is 28.9 Å². The third-order valence-corrected chi connectivity index (χ3v) is 7.05. The molecule has 0 unspecified atom stereocenters. The van der Waals surface area contributed by atoms with Crippen molar-refractivity contribution in [2.75, 3.05) is 13.1 Å². The number of aliphatic carboxylic acids is 1. The second-order valence-corrected chi connectivity index (χ2v) is 10.7. The SMILES string of the molecule is CC(C)(C)c1ccc(S(=O)(=O)NC2CC(N(CC(=O)O)CC3CC3)C2)cc1. The van der Waals surface area contributed by atoms with Gasteiger partial charge in [-0.2, -0.15) is 0 Å². The fourth-order valence-electron chi connectivity index (χ4n) is 3.55. The molecule has 7 heteroatoms. The van der Waals surface area contributed by atoms with Crippen LogP contribution < -0.4 is 4.72 Å². The monoisotopic (exact) mass is 394 g/mol. The lowest BCUT2D eigenvalue weighted by Crippen LogP contribution is -2.55. The van der Waals surface area contributed by atoms with E-state index in [1.807, 2.05) is 17.0 Å². The quantitative estimate of drug-likeness (QED) is 0.708. The number of carbonyl (C=O) groups is 1. The largest absolute Gasteiger partial charge is 0.480 e. The van der Waals surface area contributed by atoms with Crippen LogP contribution in [-0.2, 0) is 20.2 Å². The molecular weight excluding hydrogens is 364 g/mol. The minimum Gasteiger partial charge on any atom is -0.480 e. The summed E-state index contributed by atoms with van der Waals surface area (Å²) in [6.45, 7) is 7.12. The van der Waals surface area contributed by atoms with Crippen LogP contribution in [0.4, 0.5) is 0 Å². The second-order valence-electron chi connectivity index (χ2n) is 8.98. The Hall–Kier alpha value is -1.44. The summed E-state index contributed by atoms with van der Waals surface area (Å²) in [5.41, 5.74) is 1.07. The van der Waals surface area contributed by atoms with Crippen molar-refractivity contribution < 1.29 is 18.3 Å². The highest BCUT2D eigenvalue weighted by molar-refractivity contribution is 7.89. The smallest absolute Gasteiger partial charge is 0.317 e. The average Bonchev–Trinajstić information content (AvgIpc) is 3.33. The maximum atomic E-state index is 12.6. The number of nitrogens with zero attached hydrogens (tertiary/aromatic N) is 1. The van der Waals surface area contributed by atoms with Gasteiger partial charge in [0.15, 0.2) is 0 Å². The van der Waals surface area contributed by atoms with Gasteiger partial charge in [-0.05, 0) is 54.7 Å². The fraction of sp³-hybridized carbons (Fsp3) is 0.650. The Kier molecular flexibility index (Phi) is 5.66. The molecule has 3 rings (SSSR count). The molecule has 0 spiro atoms. The van der Waals surface area contributed by atoms with Crippen molar-refractivity contribution in [1.82, 2.24) is 9.62 Å². The minimum atomic E-state index is -3.55. The topological polar surface area (TPSA) is 86.7 Å². The molecule has 2 aliphatic rings. The number of carboxylic acids is 1. The van der Waals surface area contributed by atoms with Crippen LogP contribution in [0.1, 0.15) is 52.0 Å². The zero-order valence-electron chi connectivity index (χ0n) is 16.3. The second kappa shape index (κ2) is 7.53. The molecule has 0 bridgehead atoms. The predicted octanol–water partition coefficient (Wildman–Crippen LogP) is 2.59. The Morgan fingerprint density at radius 2 is 1.78 bits per heavy atom. The van der Waals surface area contributed by atoms with Crippen LogP contribution in [0.5, 0.6) is 0 Å². The van der Waals surface area contributed by atoms with Gasteiger partial charge in [-0.1, -0.05) is 32.9 Å². The number of carboxylic acid groups (broad SMARTS) is 1. The summed E-state index contributed by atoms with van der Waals surface area (Å²) < 4.78 is 28.0. The number of sulfonamides is 1. The zero-order chi connectivity index (χ0) is 19.8. The van der Waals surface area contributed by atoms with E-state index in [4.69, 9.17) is 5.11 Å². The van der Waals surface area contributed by atoms with Crippen LogP contribution in [0.15, 0.2) is 29.2 Å². The molecule has 150 valence electrons. The van der Waals surface area contributed by atoms with E-state index in [1.54, 1.807) is 12.1 Å². The van der Waals surface area contributed by atoms with Gasteiger partial charge >= 0.3 is 5.97 Å². The normalized spacial score (nSPS) is 23.3. The van der Waals surface area contributed by atoms with Crippen molar-refractivity contribution in [3.05, 3.63) is 29.8 Å². The first kappa shape index (κ1) is 20.3. The lowest BCUT2D eigenvalue weighted by Gasteiger charge is -2.42. The number of hydrogen-bond acceptors (Lipinski definition) is 4. The third kappa shape index (κ3) is 5.30. The van der Waals surface area contributed by atoms with Crippen molar-refractivity contribution in [3.63, 3.8) is 0 Å². The van der Waals surface area contributed by atoms with Crippen molar-refractivity contribution in [1.29, 1.82) is 0 Å². The molecule has 2 fully saturated rings. The van der Waals surface area contributed by atoms with Gasteiger partial charge in [0, 0.05) is 18.6 Å². The summed E-state index contributed by atoms with van der Waals surface area (Å²) >= 11 is 0. The number of benzene rings is 1. The summed E-state index contributed by atoms with van der Waals surface area (Å²) in [5.74, 6) is -0.208. The molecule has 0 atom stereocenters. The maximum Gasteiger partial charge on any atom is 0.317 e. The lowest BCUT2D eigenvalue weighted by atomic mass is 9.86. The van der Waals surface area contributed by atoms with E-state index in [0.717, 1.165) is 12.1 Å². The van der Waals surface area contributed by atoms with E-state index in [1.165, 1.54) is 12.8 Å². The van der Waals surface area contributed by atoms with Crippen molar-refractivity contribution in [3.8, 4) is 0 Å². The summed E-state index contributed by atoms with van der Waals surface area (Å²) in [7, 11) is -3.55. The third-order valence-electron chi connectivity index (χ3n) is 5.51. The molecule has 2 saturated carbocycles. The molecule has 1 aromatic rings. The molecule has 0 saturated heterocycles. The lowest BCUT2D eigenvalue weighted by molar-refractivity contribution is -0.139. The molecule has 0 heterocycles. The zero-order valence-corrected chi connectivity index (χ0v) is 17.1. The molecule has 0 radical (unpaired) electrons. The summed E-state index contributed by atoms with van der Waals surface area (Å²) in [5, 5.41) is 9.11. The molecule has 6 nitrogen and oxygen atoms in total. The van der Waals surface area contributed by atoms with Gasteiger partial charge in [-0.15, -0.1) is 0 Å². The Labute approximate surface area is 162 Å². The van der Waals surface area contributed by atoms with Gasteiger partial charge in [0.2, 0.25) is 10.0 Å². The standard InChI is InChI=1S/C20H30N2O4S/c1-20(2,3)15-6-8-18(9-7-15)27(25,26)21-16-10-17(11-16)22(13-19(23)24)12-14-4-5-14/h6-9,14,16-17,21H,4-5,10-13H2,1-3H3,(H,23,24). The Balaban J connectivity index is 1.57. The molecule has 27 heavy (non-hydrogen) atoms. The van der Waals surface area contributed by atoms with Gasteiger partial charge in [0.05, 0.1) is 11.4 Å². The Morgan fingerprint density at radius 3 is 2.26 bits per heavy atom. The number of rotatable bonds is 8. The molecule has 0 amide bonds. The molecule has 2 aliphatic carbocycles. The van der Waals surface area contributed by atoms with E-state index in [2.05, 4.69) is 25.5 Å². The van der Waals surface area contributed by atoms with E-state index >= 15 is 0 Å².